The first-order valence-electron chi connectivity index (χ1n) is 13.0. The SMILES string of the molecule is C=C[C@H]1C[N@@]2CCC1C[C@@H]2[C@H](NC(=O)Nc1cc(C(F)(F)F)cc(C(F)(F)F)c1)c1ccnc2ccc(OC)cc12. The van der Waals surface area contributed by atoms with Gasteiger partial charge in [0.05, 0.1) is 29.8 Å². The van der Waals surface area contributed by atoms with Gasteiger partial charge in [0, 0.05) is 29.9 Å². The summed E-state index contributed by atoms with van der Waals surface area (Å²) in [5.74, 6) is 1.18. The Morgan fingerprint density at radius 2 is 1.80 bits per heavy atom. The third kappa shape index (κ3) is 5.97. The van der Waals surface area contributed by atoms with Crippen molar-refractivity contribution in [1.82, 2.24) is 15.2 Å². The standard InChI is InChI=1S/C29H28F6N4O2/c1-3-16-15-39-9-7-17(16)10-25(39)26(22-6-8-36-24-5-4-21(41-2)14-23(22)24)38-27(40)37-20-12-18(28(30,31)32)11-19(13-20)29(33,34)35/h3-6,8,11-14,16-17,25-26H,1,7,9-10,15H2,2H3,(H2,37,38,40)/t16-,17?,25+,26+/m0/s1. The molecule has 1 aromatic heterocycles. The minimum absolute atomic E-state index is 0.0183. The Kier molecular flexibility index (Phi) is 7.62. The maximum absolute atomic E-state index is 13.4. The number of aromatic nitrogens is 1. The zero-order valence-electron chi connectivity index (χ0n) is 22.0. The molecule has 6 nitrogen and oxygen atoms in total. The van der Waals surface area contributed by atoms with Crippen molar-refractivity contribution in [2.24, 2.45) is 11.8 Å². The van der Waals surface area contributed by atoms with Gasteiger partial charge in [-0.1, -0.05) is 6.08 Å². The lowest BCUT2D eigenvalue weighted by Crippen LogP contribution is -2.57. The fourth-order valence-electron chi connectivity index (χ4n) is 5.99. The van der Waals surface area contributed by atoms with E-state index >= 15 is 0 Å². The number of hydrogen-bond acceptors (Lipinski definition) is 4. The average molecular weight is 579 g/mol. The van der Waals surface area contributed by atoms with E-state index in [1.165, 1.54) is 7.11 Å². The molecule has 3 saturated heterocycles. The van der Waals surface area contributed by atoms with Crippen LogP contribution in [0.5, 0.6) is 5.75 Å². The van der Waals surface area contributed by atoms with E-state index in [0.29, 0.717) is 40.3 Å². The highest BCUT2D eigenvalue weighted by Crippen LogP contribution is 2.43. The number of amides is 2. The van der Waals surface area contributed by atoms with Gasteiger partial charge in [0.1, 0.15) is 5.75 Å². The quantitative estimate of drug-likeness (QED) is 0.243. The molecule has 218 valence electrons. The molecule has 2 N–H and O–H groups in total. The van der Waals surface area contributed by atoms with Gasteiger partial charge in [-0.05, 0) is 79.3 Å². The number of nitrogens with zero attached hydrogens (tertiary/aromatic N) is 2. The number of carbonyl (C=O) groups excluding carboxylic acids is 1. The number of piperidine rings is 3. The number of pyridine rings is 1. The number of halogens is 6. The minimum Gasteiger partial charge on any atom is -0.497 e. The van der Waals surface area contributed by atoms with Crippen LogP contribution in [0.25, 0.3) is 10.9 Å². The zero-order chi connectivity index (χ0) is 29.5. The highest BCUT2D eigenvalue weighted by Gasteiger charge is 2.43. The smallest absolute Gasteiger partial charge is 0.416 e. The first kappa shape index (κ1) is 28.7. The van der Waals surface area contributed by atoms with Crippen LogP contribution >= 0.6 is 0 Å². The molecule has 0 spiro atoms. The monoisotopic (exact) mass is 578 g/mol. The number of methoxy groups -OCH3 is 1. The molecule has 4 heterocycles. The van der Waals surface area contributed by atoms with E-state index in [1.54, 1.807) is 30.5 Å². The molecule has 3 fully saturated rings. The predicted octanol–water partition coefficient (Wildman–Crippen LogP) is 7.04. The van der Waals surface area contributed by atoms with E-state index in [-0.39, 0.29) is 18.0 Å². The van der Waals surface area contributed by atoms with Gasteiger partial charge in [-0.15, -0.1) is 6.58 Å². The summed E-state index contributed by atoms with van der Waals surface area (Å²) in [5, 5.41) is 5.79. The molecule has 3 aliphatic heterocycles. The molecule has 5 atom stereocenters. The molecule has 3 aromatic rings. The van der Waals surface area contributed by atoms with Gasteiger partial charge < -0.3 is 15.4 Å². The summed E-state index contributed by atoms with van der Waals surface area (Å²) in [7, 11) is 1.52. The summed E-state index contributed by atoms with van der Waals surface area (Å²) in [6.07, 6.45) is -4.87. The van der Waals surface area contributed by atoms with Gasteiger partial charge in [-0.3, -0.25) is 9.88 Å². The molecule has 2 bridgehead atoms. The molecule has 1 unspecified atom stereocenters. The Morgan fingerprint density at radius 1 is 1.10 bits per heavy atom. The number of anilines is 1. The summed E-state index contributed by atoms with van der Waals surface area (Å²) >= 11 is 0. The number of nitrogens with one attached hydrogen (secondary N) is 2. The van der Waals surface area contributed by atoms with E-state index in [2.05, 4.69) is 27.1 Å². The van der Waals surface area contributed by atoms with Gasteiger partial charge >= 0.3 is 18.4 Å². The summed E-state index contributed by atoms with van der Waals surface area (Å²) in [5.41, 5.74) is -2.31. The second-order valence-corrected chi connectivity index (χ2v) is 10.4. The summed E-state index contributed by atoms with van der Waals surface area (Å²) in [6, 6.07) is 6.28. The lowest BCUT2D eigenvalue weighted by atomic mass is 9.73. The Labute approximate surface area is 232 Å². The molecule has 0 aliphatic carbocycles. The first-order valence-corrected chi connectivity index (χ1v) is 13.0. The Bertz CT molecular complexity index is 1430. The predicted molar refractivity (Wildman–Crippen MR) is 141 cm³/mol. The molecule has 3 aliphatic rings. The van der Waals surface area contributed by atoms with E-state index in [4.69, 9.17) is 4.74 Å². The number of hydrogen-bond donors (Lipinski definition) is 2. The third-order valence-electron chi connectivity index (χ3n) is 7.99. The van der Waals surface area contributed by atoms with E-state index in [9.17, 15) is 31.1 Å². The average Bonchev–Trinajstić information content (AvgIpc) is 2.94. The van der Waals surface area contributed by atoms with Crippen molar-refractivity contribution in [1.29, 1.82) is 0 Å². The first-order chi connectivity index (χ1) is 19.4. The Morgan fingerprint density at radius 3 is 2.39 bits per heavy atom. The molecular formula is C29H28F6N4O2. The van der Waals surface area contributed by atoms with Crippen molar-refractivity contribution in [3.8, 4) is 5.75 Å². The summed E-state index contributed by atoms with van der Waals surface area (Å²) in [4.78, 5) is 19.9. The van der Waals surface area contributed by atoms with Crippen LogP contribution in [0.15, 0.2) is 61.3 Å². The van der Waals surface area contributed by atoms with Crippen molar-refractivity contribution >= 4 is 22.6 Å². The van der Waals surface area contributed by atoms with Gasteiger partial charge in [-0.25, -0.2) is 4.79 Å². The number of carbonyl (C=O) groups is 1. The number of rotatable bonds is 6. The minimum atomic E-state index is -5.04. The highest BCUT2D eigenvalue weighted by molar-refractivity contribution is 5.91. The van der Waals surface area contributed by atoms with Gasteiger partial charge in [0.2, 0.25) is 0 Å². The molecule has 2 amide bonds. The van der Waals surface area contributed by atoms with Crippen LogP contribution in [0, 0.1) is 11.8 Å². The van der Waals surface area contributed by atoms with Crippen LogP contribution in [0.1, 0.15) is 35.6 Å². The number of alkyl halides is 6. The largest absolute Gasteiger partial charge is 0.497 e. The van der Waals surface area contributed by atoms with Crippen LogP contribution in [-0.4, -0.2) is 42.2 Å². The number of benzene rings is 2. The van der Waals surface area contributed by atoms with Crippen LogP contribution < -0.4 is 15.4 Å². The lowest BCUT2D eigenvalue weighted by molar-refractivity contribution is -0.143. The fourth-order valence-corrected chi connectivity index (χ4v) is 5.99. The van der Waals surface area contributed by atoms with Gasteiger partial charge in [-0.2, -0.15) is 26.3 Å². The second kappa shape index (κ2) is 10.9. The van der Waals surface area contributed by atoms with Crippen molar-refractivity contribution in [2.45, 2.75) is 37.3 Å². The third-order valence-corrected chi connectivity index (χ3v) is 7.99. The zero-order valence-corrected chi connectivity index (χ0v) is 22.0. The highest BCUT2D eigenvalue weighted by atomic mass is 19.4. The topological polar surface area (TPSA) is 66.5 Å². The van der Waals surface area contributed by atoms with Crippen molar-refractivity contribution < 1.29 is 35.9 Å². The maximum atomic E-state index is 13.4. The summed E-state index contributed by atoms with van der Waals surface area (Å²) in [6.45, 7) is 5.46. The maximum Gasteiger partial charge on any atom is 0.416 e. The molecule has 2 aromatic carbocycles. The van der Waals surface area contributed by atoms with Crippen LogP contribution in [0.3, 0.4) is 0 Å². The molecular weight excluding hydrogens is 550 g/mol. The molecule has 0 saturated carbocycles. The Hall–Kier alpha value is -3.80. The molecule has 0 radical (unpaired) electrons. The second-order valence-electron chi connectivity index (χ2n) is 10.4. The van der Waals surface area contributed by atoms with Crippen molar-refractivity contribution in [3.63, 3.8) is 0 Å². The molecule has 41 heavy (non-hydrogen) atoms. The van der Waals surface area contributed by atoms with E-state index < -0.39 is 41.2 Å². The van der Waals surface area contributed by atoms with E-state index in [1.807, 2.05) is 6.08 Å². The lowest BCUT2D eigenvalue weighted by Gasteiger charge is -2.51. The molecule has 6 rings (SSSR count). The number of fused-ring (bicyclic) bond motifs is 4. The molecule has 12 heteroatoms. The van der Waals surface area contributed by atoms with Crippen LogP contribution in [0.2, 0.25) is 0 Å². The Balaban J connectivity index is 1.51. The number of ether oxygens (including phenoxy) is 1. The summed E-state index contributed by atoms with van der Waals surface area (Å²) < 4.78 is 85.7. The normalized spacial score (nSPS) is 23.2. The van der Waals surface area contributed by atoms with Crippen molar-refractivity contribution in [3.05, 3.63) is 78.0 Å². The van der Waals surface area contributed by atoms with Crippen LogP contribution in [-0.2, 0) is 12.4 Å². The van der Waals surface area contributed by atoms with Crippen LogP contribution in [0.4, 0.5) is 36.8 Å². The van der Waals surface area contributed by atoms with Crippen molar-refractivity contribution in [2.75, 3.05) is 25.5 Å². The van der Waals surface area contributed by atoms with Gasteiger partial charge in [0.25, 0.3) is 0 Å². The van der Waals surface area contributed by atoms with Gasteiger partial charge in [0.15, 0.2) is 0 Å². The fraction of sp³-hybridized carbons (Fsp3) is 0.379. The number of urea groups is 1. The van der Waals surface area contributed by atoms with E-state index in [0.717, 1.165) is 25.9 Å².